The zero-order chi connectivity index (χ0) is 18.8. The highest BCUT2D eigenvalue weighted by molar-refractivity contribution is 5.95. The average Bonchev–Trinajstić information content (AvgIpc) is 2.69. The fourth-order valence-electron chi connectivity index (χ4n) is 3.49. The van der Waals surface area contributed by atoms with E-state index in [0.717, 1.165) is 47.5 Å². The monoisotopic (exact) mass is 364 g/mol. The number of benzene rings is 2. The standard InChI is InChI=1S/C21H24N4O2/c1-15-5-3-6-16(13-15)25(26)21-20-18(22-14-23-21)7-4-8-19(20)27-17-9-11-24(2)12-10-17/h3-8,13-14,17,26H,9-12H2,1-2H3. The molecule has 3 aromatic rings. The predicted molar refractivity (Wildman–Crippen MR) is 106 cm³/mol. The van der Waals surface area contributed by atoms with Crippen LogP contribution in [0.15, 0.2) is 48.8 Å². The van der Waals surface area contributed by atoms with Crippen molar-refractivity contribution in [1.82, 2.24) is 14.9 Å². The number of aryl methyl sites for hydroxylation is 1. The van der Waals surface area contributed by atoms with Gasteiger partial charge in [0, 0.05) is 13.1 Å². The normalized spacial score (nSPS) is 15.8. The Balaban J connectivity index is 1.73. The van der Waals surface area contributed by atoms with Crippen LogP contribution in [0.25, 0.3) is 10.9 Å². The van der Waals surface area contributed by atoms with Crippen LogP contribution < -0.4 is 9.80 Å². The van der Waals surface area contributed by atoms with Gasteiger partial charge in [-0.2, -0.15) is 0 Å². The molecule has 0 bridgehead atoms. The SMILES string of the molecule is Cc1cccc(N(O)c2ncnc3cccc(OC4CCN(C)CC4)c23)c1. The number of fused-ring (bicyclic) bond motifs is 1. The lowest BCUT2D eigenvalue weighted by atomic mass is 10.1. The van der Waals surface area contributed by atoms with E-state index in [9.17, 15) is 5.21 Å². The summed E-state index contributed by atoms with van der Waals surface area (Å²) >= 11 is 0. The van der Waals surface area contributed by atoms with Crippen LogP contribution in [0.5, 0.6) is 5.75 Å². The predicted octanol–water partition coefficient (Wildman–Crippen LogP) is 3.94. The van der Waals surface area contributed by atoms with Crippen molar-refractivity contribution >= 4 is 22.4 Å². The molecule has 1 saturated heterocycles. The van der Waals surface area contributed by atoms with Gasteiger partial charge in [-0.15, -0.1) is 0 Å². The summed E-state index contributed by atoms with van der Waals surface area (Å²) in [6.45, 7) is 4.03. The summed E-state index contributed by atoms with van der Waals surface area (Å²) in [5.74, 6) is 1.14. The first-order valence-electron chi connectivity index (χ1n) is 9.26. The highest BCUT2D eigenvalue weighted by atomic mass is 16.5. The second-order valence-corrected chi connectivity index (χ2v) is 7.12. The number of rotatable bonds is 4. The summed E-state index contributed by atoms with van der Waals surface area (Å²) in [6.07, 6.45) is 3.59. The summed E-state index contributed by atoms with van der Waals surface area (Å²) in [4.78, 5) is 11.0. The molecule has 0 radical (unpaired) electrons. The largest absolute Gasteiger partial charge is 0.489 e. The van der Waals surface area contributed by atoms with Gasteiger partial charge in [0.25, 0.3) is 0 Å². The van der Waals surface area contributed by atoms with E-state index in [1.165, 1.54) is 6.33 Å². The maximum Gasteiger partial charge on any atom is 0.172 e. The molecule has 1 aliphatic rings. The van der Waals surface area contributed by atoms with E-state index in [1.807, 2.05) is 49.4 Å². The van der Waals surface area contributed by atoms with Crippen molar-refractivity contribution in [2.24, 2.45) is 0 Å². The summed E-state index contributed by atoms with van der Waals surface area (Å²) in [6, 6.07) is 13.4. The highest BCUT2D eigenvalue weighted by Gasteiger charge is 2.21. The Labute approximate surface area is 159 Å². The number of anilines is 2. The highest BCUT2D eigenvalue weighted by Crippen LogP contribution is 2.35. The first-order valence-corrected chi connectivity index (χ1v) is 9.26. The molecular formula is C21H24N4O2. The Morgan fingerprint density at radius 1 is 1.11 bits per heavy atom. The van der Waals surface area contributed by atoms with Gasteiger partial charge in [0.15, 0.2) is 5.82 Å². The van der Waals surface area contributed by atoms with E-state index in [1.54, 1.807) is 0 Å². The first kappa shape index (κ1) is 17.7. The van der Waals surface area contributed by atoms with E-state index in [-0.39, 0.29) is 6.10 Å². The first-order chi connectivity index (χ1) is 13.1. The van der Waals surface area contributed by atoms with Gasteiger partial charge in [0.05, 0.1) is 16.6 Å². The van der Waals surface area contributed by atoms with Crippen LogP contribution in [0, 0.1) is 6.92 Å². The minimum absolute atomic E-state index is 0.158. The molecule has 0 saturated carbocycles. The number of nitrogens with zero attached hydrogens (tertiary/aromatic N) is 4. The lowest BCUT2D eigenvalue weighted by Crippen LogP contribution is -2.35. The maximum absolute atomic E-state index is 10.9. The van der Waals surface area contributed by atoms with E-state index in [4.69, 9.17) is 4.74 Å². The van der Waals surface area contributed by atoms with Gasteiger partial charge in [-0.25, -0.2) is 15.0 Å². The molecule has 27 heavy (non-hydrogen) atoms. The van der Waals surface area contributed by atoms with Crippen LogP contribution in [0.1, 0.15) is 18.4 Å². The second kappa shape index (κ2) is 7.50. The van der Waals surface area contributed by atoms with Crippen molar-refractivity contribution in [3.63, 3.8) is 0 Å². The Hall–Kier alpha value is -2.70. The zero-order valence-electron chi connectivity index (χ0n) is 15.7. The van der Waals surface area contributed by atoms with Crippen molar-refractivity contribution in [1.29, 1.82) is 0 Å². The molecule has 1 fully saturated rings. The lowest BCUT2D eigenvalue weighted by molar-refractivity contribution is 0.115. The van der Waals surface area contributed by atoms with Gasteiger partial charge in [0.2, 0.25) is 0 Å². The molecular weight excluding hydrogens is 340 g/mol. The van der Waals surface area contributed by atoms with Crippen LogP contribution in [0.3, 0.4) is 0 Å². The smallest absolute Gasteiger partial charge is 0.172 e. The fraction of sp³-hybridized carbons (Fsp3) is 0.333. The van der Waals surface area contributed by atoms with Crippen LogP contribution in [-0.4, -0.2) is 46.3 Å². The Morgan fingerprint density at radius 3 is 2.67 bits per heavy atom. The number of piperidine rings is 1. The molecule has 2 aromatic carbocycles. The van der Waals surface area contributed by atoms with Gasteiger partial charge in [0.1, 0.15) is 18.2 Å². The zero-order valence-corrected chi connectivity index (χ0v) is 15.7. The van der Waals surface area contributed by atoms with Gasteiger partial charge in [-0.3, -0.25) is 5.21 Å². The minimum atomic E-state index is 0.158. The van der Waals surface area contributed by atoms with E-state index >= 15 is 0 Å². The Bertz CT molecular complexity index is 933. The van der Waals surface area contributed by atoms with Crippen molar-refractivity contribution < 1.29 is 9.94 Å². The van der Waals surface area contributed by atoms with Crippen LogP contribution >= 0.6 is 0 Å². The molecule has 2 heterocycles. The minimum Gasteiger partial charge on any atom is -0.489 e. The number of likely N-dealkylation sites (tertiary alicyclic amines) is 1. The van der Waals surface area contributed by atoms with Crippen LogP contribution in [0.4, 0.5) is 11.5 Å². The Morgan fingerprint density at radius 2 is 1.89 bits per heavy atom. The molecule has 0 spiro atoms. The summed E-state index contributed by atoms with van der Waals surface area (Å²) in [5.41, 5.74) is 2.47. The summed E-state index contributed by atoms with van der Waals surface area (Å²) in [7, 11) is 2.13. The van der Waals surface area contributed by atoms with E-state index in [0.29, 0.717) is 17.3 Å². The number of hydrogen-bond donors (Lipinski definition) is 1. The van der Waals surface area contributed by atoms with Crippen LogP contribution in [-0.2, 0) is 0 Å². The van der Waals surface area contributed by atoms with Crippen molar-refractivity contribution in [3.8, 4) is 5.75 Å². The van der Waals surface area contributed by atoms with Crippen molar-refractivity contribution in [2.45, 2.75) is 25.9 Å². The van der Waals surface area contributed by atoms with Crippen molar-refractivity contribution in [3.05, 3.63) is 54.4 Å². The quantitative estimate of drug-likeness (QED) is 0.708. The third-order valence-electron chi connectivity index (χ3n) is 5.01. The average molecular weight is 364 g/mol. The molecule has 0 amide bonds. The molecule has 6 nitrogen and oxygen atoms in total. The van der Waals surface area contributed by atoms with Gasteiger partial charge >= 0.3 is 0 Å². The van der Waals surface area contributed by atoms with Crippen LogP contribution in [0.2, 0.25) is 0 Å². The number of aromatic nitrogens is 2. The van der Waals surface area contributed by atoms with Crippen molar-refractivity contribution in [2.75, 3.05) is 25.2 Å². The molecule has 0 aliphatic carbocycles. The van der Waals surface area contributed by atoms with Gasteiger partial charge < -0.3 is 9.64 Å². The summed E-state index contributed by atoms with van der Waals surface area (Å²) in [5, 5.41) is 12.7. The molecule has 0 unspecified atom stereocenters. The number of ether oxygens (including phenoxy) is 1. The molecule has 0 atom stereocenters. The second-order valence-electron chi connectivity index (χ2n) is 7.12. The number of hydrogen-bond acceptors (Lipinski definition) is 6. The van der Waals surface area contributed by atoms with E-state index < -0.39 is 0 Å². The Kier molecular flexibility index (Phi) is 4.92. The lowest BCUT2D eigenvalue weighted by Gasteiger charge is -2.30. The fourth-order valence-corrected chi connectivity index (χ4v) is 3.49. The molecule has 4 rings (SSSR count). The molecule has 1 aliphatic heterocycles. The topological polar surface area (TPSA) is 61.7 Å². The van der Waals surface area contributed by atoms with Gasteiger partial charge in [-0.1, -0.05) is 18.2 Å². The molecule has 1 N–H and O–H groups in total. The summed E-state index contributed by atoms with van der Waals surface area (Å²) < 4.78 is 6.32. The maximum atomic E-state index is 10.9. The third kappa shape index (κ3) is 3.72. The third-order valence-corrected chi connectivity index (χ3v) is 5.01. The van der Waals surface area contributed by atoms with E-state index in [2.05, 4.69) is 21.9 Å². The molecule has 6 heteroatoms. The molecule has 140 valence electrons. The molecule has 1 aromatic heterocycles. The van der Waals surface area contributed by atoms with Gasteiger partial charge in [-0.05, 0) is 56.6 Å².